The van der Waals surface area contributed by atoms with Gasteiger partial charge in [0.05, 0.1) is 17.1 Å². The molecule has 1 heterocycles. The number of hydrogen-bond acceptors (Lipinski definition) is 5. The minimum atomic E-state index is 0.403. The number of pyridine rings is 1. The number of hydrogen-bond donors (Lipinski definition) is 2. The van der Waals surface area contributed by atoms with E-state index in [0.29, 0.717) is 30.3 Å². The van der Waals surface area contributed by atoms with Crippen LogP contribution in [0.5, 0.6) is 5.75 Å². The summed E-state index contributed by atoms with van der Waals surface area (Å²) in [5, 5.41) is 13.3. The first-order valence-electron chi connectivity index (χ1n) is 7.64. The Morgan fingerprint density at radius 3 is 2.75 bits per heavy atom. The van der Waals surface area contributed by atoms with Crippen LogP contribution >= 0.6 is 0 Å². The van der Waals surface area contributed by atoms with Crippen molar-refractivity contribution in [1.82, 2.24) is 10.3 Å². The predicted octanol–water partition coefficient (Wildman–Crippen LogP) is 2.99. The van der Waals surface area contributed by atoms with Crippen molar-refractivity contribution >= 4 is 16.7 Å². The van der Waals surface area contributed by atoms with Gasteiger partial charge in [-0.05, 0) is 54.6 Å². The van der Waals surface area contributed by atoms with Crippen LogP contribution in [-0.4, -0.2) is 12.0 Å². The summed E-state index contributed by atoms with van der Waals surface area (Å²) in [4.78, 5) is 4.33. The van der Waals surface area contributed by atoms with Crippen molar-refractivity contribution < 1.29 is 4.74 Å². The van der Waals surface area contributed by atoms with Crippen molar-refractivity contribution in [1.29, 1.82) is 5.26 Å². The number of nitrogens with zero attached hydrogens (tertiary/aromatic N) is 2. The van der Waals surface area contributed by atoms with Gasteiger partial charge in [-0.2, -0.15) is 5.26 Å². The number of nitrogens with two attached hydrogens (primary N) is 1. The Hall–Kier alpha value is -3.10. The van der Waals surface area contributed by atoms with Crippen molar-refractivity contribution in [3.05, 3.63) is 65.2 Å². The van der Waals surface area contributed by atoms with E-state index in [-0.39, 0.29) is 0 Å². The fourth-order valence-corrected chi connectivity index (χ4v) is 2.55. The van der Waals surface area contributed by atoms with Gasteiger partial charge >= 0.3 is 0 Å². The molecule has 3 rings (SSSR count). The van der Waals surface area contributed by atoms with Gasteiger partial charge < -0.3 is 15.8 Å². The molecular formula is C19H18N4O. The van der Waals surface area contributed by atoms with Gasteiger partial charge in [-0.3, -0.25) is 0 Å². The molecule has 1 aromatic heterocycles. The van der Waals surface area contributed by atoms with Crippen LogP contribution in [0.1, 0.15) is 16.7 Å². The number of nitrogens with one attached hydrogen (secondary N) is 1. The fourth-order valence-electron chi connectivity index (χ4n) is 2.55. The summed E-state index contributed by atoms with van der Waals surface area (Å²) in [7, 11) is 1.87. The number of benzene rings is 2. The maximum absolute atomic E-state index is 9.14. The van der Waals surface area contributed by atoms with Gasteiger partial charge in [-0.15, -0.1) is 0 Å². The fraction of sp³-hybridized carbons (Fsp3) is 0.158. The minimum absolute atomic E-state index is 0.403. The van der Waals surface area contributed by atoms with Crippen LogP contribution in [0.2, 0.25) is 0 Å². The van der Waals surface area contributed by atoms with Crippen molar-refractivity contribution in [2.75, 3.05) is 12.8 Å². The second-order valence-electron chi connectivity index (χ2n) is 5.56. The molecule has 0 spiro atoms. The number of ether oxygens (including phenoxy) is 1. The smallest absolute Gasteiger partial charge is 0.124 e. The zero-order valence-corrected chi connectivity index (χ0v) is 13.4. The maximum atomic E-state index is 9.14. The molecule has 120 valence electrons. The first-order chi connectivity index (χ1) is 11.7. The summed E-state index contributed by atoms with van der Waals surface area (Å²) in [5.74, 6) is 1.18. The van der Waals surface area contributed by atoms with Gasteiger partial charge in [0.15, 0.2) is 0 Å². The van der Waals surface area contributed by atoms with Crippen LogP contribution in [0.15, 0.2) is 48.5 Å². The molecule has 0 aliphatic rings. The van der Waals surface area contributed by atoms with E-state index >= 15 is 0 Å². The Bertz CT molecular complexity index is 915. The molecule has 3 N–H and O–H groups in total. The third kappa shape index (κ3) is 3.62. The molecule has 0 unspecified atom stereocenters. The number of nitriles is 1. The number of anilines is 1. The Kier molecular flexibility index (Phi) is 4.59. The lowest BCUT2D eigenvalue weighted by Gasteiger charge is -2.10. The lowest BCUT2D eigenvalue weighted by molar-refractivity contribution is 0.306. The van der Waals surface area contributed by atoms with Crippen molar-refractivity contribution in [3.63, 3.8) is 0 Å². The van der Waals surface area contributed by atoms with E-state index in [1.165, 1.54) is 0 Å². The Labute approximate surface area is 140 Å². The van der Waals surface area contributed by atoms with E-state index < -0.39 is 0 Å². The molecule has 0 bridgehead atoms. The van der Waals surface area contributed by atoms with E-state index in [1.54, 1.807) is 12.1 Å². The number of aromatic nitrogens is 1. The zero-order chi connectivity index (χ0) is 16.9. The molecule has 0 fully saturated rings. The zero-order valence-electron chi connectivity index (χ0n) is 13.4. The van der Waals surface area contributed by atoms with Crippen molar-refractivity contribution in [2.24, 2.45) is 0 Å². The highest BCUT2D eigenvalue weighted by Gasteiger charge is 2.04. The highest BCUT2D eigenvalue weighted by atomic mass is 16.5. The highest BCUT2D eigenvalue weighted by molar-refractivity contribution is 5.80. The third-order valence-electron chi connectivity index (χ3n) is 3.66. The average Bonchev–Trinajstić information content (AvgIpc) is 2.59. The molecule has 2 aromatic carbocycles. The van der Waals surface area contributed by atoms with Crippen LogP contribution < -0.4 is 15.8 Å². The van der Waals surface area contributed by atoms with Crippen molar-refractivity contribution in [2.45, 2.75) is 13.2 Å². The van der Waals surface area contributed by atoms with Crippen LogP contribution in [-0.2, 0) is 13.2 Å². The normalized spacial score (nSPS) is 10.5. The molecule has 0 aliphatic carbocycles. The molecule has 5 nitrogen and oxygen atoms in total. The van der Waals surface area contributed by atoms with Gasteiger partial charge in [-0.25, -0.2) is 4.98 Å². The third-order valence-corrected chi connectivity index (χ3v) is 3.66. The van der Waals surface area contributed by atoms with E-state index in [9.17, 15) is 0 Å². The molecule has 0 atom stereocenters. The van der Waals surface area contributed by atoms with E-state index in [0.717, 1.165) is 22.0 Å². The number of nitrogen functional groups attached to an aromatic ring is 1. The van der Waals surface area contributed by atoms with Gasteiger partial charge in [0, 0.05) is 11.9 Å². The molecule has 0 saturated carbocycles. The van der Waals surface area contributed by atoms with Crippen molar-refractivity contribution in [3.8, 4) is 11.8 Å². The van der Waals surface area contributed by atoms with Crippen LogP contribution in [0, 0.1) is 11.3 Å². The molecule has 5 heteroatoms. The molecule has 3 aromatic rings. The minimum Gasteiger partial charge on any atom is -0.489 e. The van der Waals surface area contributed by atoms with E-state index in [2.05, 4.69) is 16.4 Å². The number of fused-ring (bicyclic) bond motifs is 1. The predicted molar refractivity (Wildman–Crippen MR) is 94.4 cm³/mol. The van der Waals surface area contributed by atoms with Gasteiger partial charge in [0.1, 0.15) is 18.2 Å². The molecule has 0 radical (unpaired) electrons. The quantitative estimate of drug-likeness (QED) is 0.755. The molecule has 24 heavy (non-hydrogen) atoms. The highest BCUT2D eigenvalue weighted by Crippen LogP contribution is 2.20. The van der Waals surface area contributed by atoms with Gasteiger partial charge in [-0.1, -0.05) is 12.1 Å². The molecule has 0 saturated heterocycles. The van der Waals surface area contributed by atoms with Gasteiger partial charge in [0.25, 0.3) is 0 Å². The lowest BCUT2D eigenvalue weighted by atomic mass is 10.1. The number of rotatable bonds is 5. The monoisotopic (exact) mass is 318 g/mol. The maximum Gasteiger partial charge on any atom is 0.124 e. The first-order valence-corrected chi connectivity index (χ1v) is 7.64. The van der Waals surface area contributed by atoms with Crippen LogP contribution in [0.25, 0.3) is 10.9 Å². The first kappa shape index (κ1) is 15.8. The summed E-state index contributed by atoms with van der Waals surface area (Å²) >= 11 is 0. The van der Waals surface area contributed by atoms with Gasteiger partial charge in [0.2, 0.25) is 0 Å². The average molecular weight is 318 g/mol. The SMILES string of the molecule is CNCc1cc(C#N)cc(OCc2ccc3ccc(N)nc3c2)c1. The van der Waals surface area contributed by atoms with Crippen LogP contribution in [0.4, 0.5) is 5.82 Å². The Balaban J connectivity index is 1.80. The standard InChI is InChI=1S/C19H18N4O/c1-22-11-15-6-14(10-20)7-17(8-15)24-12-13-2-3-16-4-5-19(21)23-18(16)9-13/h2-9,22H,11-12H2,1H3,(H2,21,23). The topological polar surface area (TPSA) is 84.0 Å². The second-order valence-corrected chi connectivity index (χ2v) is 5.56. The Morgan fingerprint density at radius 1 is 1.12 bits per heavy atom. The largest absolute Gasteiger partial charge is 0.489 e. The molecular weight excluding hydrogens is 300 g/mol. The second kappa shape index (κ2) is 6.99. The summed E-state index contributed by atoms with van der Waals surface area (Å²) in [6.45, 7) is 1.09. The summed E-state index contributed by atoms with van der Waals surface area (Å²) in [6.07, 6.45) is 0. The lowest BCUT2D eigenvalue weighted by Crippen LogP contribution is -2.06. The molecule has 0 aliphatic heterocycles. The van der Waals surface area contributed by atoms with Crippen LogP contribution in [0.3, 0.4) is 0 Å². The van der Waals surface area contributed by atoms with E-state index in [1.807, 2.05) is 43.4 Å². The van der Waals surface area contributed by atoms with E-state index in [4.69, 9.17) is 15.7 Å². The Morgan fingerprint density at radius 2 is 1.96 bits per heavy atom. The summed E-state index contributed by atoms with van der Waals surface area (Å²) in [6, 6.07) is 17.4. The summed E-state index contributed by atoms with van der Waals surface area (Å²) in [5.41, 5.74) is 9.18. The summed E-state index contributed by atoms with van der Waals surface area (Å²) < 4.78 is 5.86. The molecule has 0 amide bonds.